The van der Waals surface area contributed by atoms with E-state index in [4.69, 9.17) is 21.1 Å². The summed E-state index contributed by atoms with van der Waals surface area (Å²) in [5, 5.41) is 12.5. The lowest BCUT2D eigenvalue weighted by atomic mass is 10.1. The number of ether oxygens (including phenoxy) is 2. The van der Waals surface area contributed by atoms with Gasteiger partial charge in [0.05, 0.1) is 11.8 Å². The van der Waals surface area contributed by atoms with E-state index >= 15 is 0 Å². The smallest absolute Gasteiger partial charge is 0.224 e. The Hall–Kier alpha value is -3.58. The molecule has 2 aromatic rings. The summed E-state index contributed by atoms with van der Waals surface area (Å²) in [6.45, 7) is 14.5. The highest BCUT2D eigenvalue weighted by Gasteiger charge is 2.32. The Labute approximate surface area is 218 Å². The van der Waals surface area contributed by atoms with Gasteiger partial charge in [0.15, 0.2) is 17.2 Å². The minimum atomic E-state index is -0.836. The van der Waals surface area contributed by atoms with Gasteiger partial charge in [0, 0.05) is 36.9 Å². The van der Waals surface area contributed by atoms with Crippen LogP contribution in [-0.2, 0) is 17.4 Å². The van der Waals surface area contributed by atoms with Gasteiger partial charge in [-0.15, -0.1) is 10.2 Å². The Morgan fingerprint density at radius 3 is 2.78 bits per heavy atom. The first-order valence-electron chi connectivity index (χ1n) is 11.8. The number of halogens is 1. The molecule has 1 aliphatic heterocycles. The van der Waals surface area contributed by atoms with Crippen molar-refractivity contribution >= 4 is 23.1 Å². The van der Waals surface area contributed by atoms with Crippen LogP contribution >= 0.6 is 11.6 Å². The molecule has 0 unspecified atom stereocenters. The van der Waals surface area contributed by atoms with Gasteiger partial charge in [-0.2, -0.15) is 0 Å². The second kappa shape index (κ2) is 11.9. The van der Waals surface area contributed by atoms with Crippen LogP contribution in [-0.4, -0.2) is 34.3 Å². The molecule has 0 atom stereocenters. The van der Waals surface area contributed by atoms with E-state index in [0.29, 0.717) is 40.4 Å². The summed E-state index contributed by atoms with van der Waals surface area (Å²) in [7, 11) is 3.74. The lowest BCUT2D eigenvalue weighted by Crippen LogP contribution is -2.30. The van der Waals surface area contributed by atoms with Gasteiger partial charge in [0.1, 0.15) is 5.75 Å². The standard InChI is InChI=1S/C28H34ClN5O2/c1-19(2)22(13-11-12-20(3)30-6)25-32-33-27(34(25)7)28(4,5)36-24-15-14-21(29)18-23(24)26-31-16-9-8-10-17-35-26/h10-15,17-18,30H,1,3,8-9,16H2,2,4-7H3/b12-11+,17-10?,22-13+,31-26?. The molecule has 1 aliphatic rings. The lowest BCUT2D eigenvalue weighted by molar-refractivity contribution is 0.0943. The molecule has 0 spiro atoms. The van der Waals surface area contributed by atoms with Crippen LogP contribution in [0.2, 0.25) is 5.02 Å². The van der Waals surface area contributed by atoms with Crippen molar-refractivity contribution in [3.63, 3.8) is 0 Å². The quantitative estimate of drug-likeness (QED) is 0.415. The summed E-state index contributed by atoms with van der Waals surface area (Å²) >= 11 is 6.32. The lowest BCUT2D eigenvalue weighted by Gasteiger charge is -2.27. The number of benzene rings is 1. The van der Waals surface area contributed by atoms with Gasteiger partial charge in [-0.25, -0.2) is 0 Å². The fraction of sp³-hybridized carbons (Fsp3) is 0.321. The predicted octanol–water partition coefficient (Wildman–Crippen LogP) is 6.10. The molecule has 1 aromatic heterocycles. The fourth-order valence-corrected chi connectivity index (χ4v) is 3.85. The number of likely N-dealkylation sites (N-methyl/N-ethyl adjacent to an activating group) is 1. The molecule has 8 heteroatoms. The third kappa shape index (κ3) is 6.55. The van der Waals surface area contributed by atoms with Gasteiger partial charge in [0.2, 0.25) is 5.90 Å². The van der Waals surface area contributed by atoms with Gasteiger partial charge >= 0.3 is 0 Å². The number of aromatic nitrogens is 3. The second-order valence-corrected chi connectivity index (χ2v) is 9.41. The Morgan fingerprint density at radius 2 is 2.06 bits per heavy atom. The predicted molar refractivity (Wildman–Crippen MR) is 147 cm³/mol. The number of hydrogen-bond donors (Lipinski definition) is 1. The van der Waals surface area contributed by atoms with Gasteiger partial charge in [-0.1, -0.05) is 36.9 Å². The average Bonchev–Trinajstić information content (AvgIpc) is 3.19. The van der Waals surface area contributed by atoms with Crippen LogP contribution in [0.4, 0.5) is 0 Å². The maximum absolute atomic E-state index is 6.52. The summed E-state index contributed by atoms with van der Waals surface area (Å²) in [5.74, 6) is 2.39. The van der Waals surface area contributed by atoms with Crippen LogP contribution in [0, 0.1) is 0 Å². The second-order valence-electron chi connectivity index (χ2n) is 8.97. The molecule has 190 valence electrons. The summed E-state index contributed by atoms with van der Waals surface area (Å²) in [6.07, 6.45) is 11.3. The van der Waals surface area contributed by atoms with E-state index in [1.165, 1.54) is 0 Å². The van der Waals surface area contributed by atoms with Crippen molar-refractivity contribution in [2.75, 3.05) is 13.6 Å². The van der Waals surface area contributed by atoms with Crippen molar-refractivity contribution in [2.45, 2.75) is 39.2 Å². The molecule has 1 N–H and O–H groups in total. The monoisotopic (exact) mass is 507 g/mol. The Bertz CT molecular complexity index is 1250. The van der Waals surface area contributed by atoms with Crippen LogP contribution in [0.15, 0.2) is 78.2 Å². The number of nitrogens with zero attached hydrogens (tertiary/aromatic N) is 4. The van der Waals surface area contributed by atoms with Crippen LogP contribution in [0.1, 0.15) is 50.8 Å². The molecular weight excluding hydrogens is 474 g/mol. The number of hydrogen-bond acceptors (Lipinski definition) is 6. The zero-order valence-corrected chi connectivity index (χ0v) is 22.4. The zero-order valence-electron chi connectivity index (χ0n) is 21.6. The molecule has 0 fully saturated rings. The van der Waals surface area contributed by atoms with Crippen LogP contribution in [0.25, 0.3) is 5.57 Å². The van der Waals surface area contributed by atoms with E-state index in [-0.39, 0.29) is 0 Å². The van der Waals surface area contributed by atoms with Crippen LogP contribution < -0.4 is 10.1 Å². The minimum absolute atomic E-state index is 0.473. The molecule has 36 heavy (non-hydrogen) atoms. The van der Waals surface area contributed by atoms with Crippen molar-refractivity contribution in [1.82, 2.24) is 20.1 Å². The molecule has 0 saturated carbocycles. The summed E-state index contributed by atoms with van der Waals surface area (Å²) in [4.78, 5) is 4.61. The first kappa shape index (κ1) is 27.0. The molecule has 0 amide bonds. The van der Waals surface area contributed by atoms with Crippen molar-refractivity contribution in [3.05, 3.63) is 95.4 Å². The highest BCUT2D eigenvalue weighted by Crippen LogP contribution is 2.33. The molecule has 3 rings (SSSR count). The molecule has 1 aromatic carbocycles. The van der Waals surface area contributed by atoms with E-state index in [1.807, 2.05) is 69.8 Å². The SMILES string of the molecule is C=C(/C=C/C=C(\C(=C)C)c1nnc(C(C)(C)Oc2ccc(Cl)cc2C2=NCCCC=CO2)n1C)NC. The number of aliphatic imine (C=N–C) groups is 1. The van der Waals surface area contributed by atoms with Crippen LogP contribution in [0.5, 0.6) is 5.75 Å². The zero-order chi connectivity index (χ0) is 26.3. The van der Waals surface area contributed by atoms with Crippen molar-refractivity contribution < 1.29 is 9.47 Å². The van der Waals surface area contributed by atoms with Crippen molar-refractivity contribution in [3.8, 4) is 5.75 Å². The molecular formula is C28H34ClN5O2. The highest BCUT2D eigenvalue weighted by atomic mass is 35.5. The van der Waals surface area contributed by atoms with Gasteiger partial charge < -0.3 is 19.4 Å². The molecule has 2 heterocycles. The first-order chi connectivity index (χ1) is 17.1. The maximum atomic E-state index is 6.52. The fourth-order valence-electron chi connectivity index (χ4n) is 3.67. The van der Waals surface area contributed by atoms with E-state index in [1.54, 1.807) is 18.4 Å². The molecule has 0 aliphatic carbocycles. The van der Waals surface area contributed by atoms with Crippen molar-refractivity contribution in [2.24, 2.45) is 12.0 Å². The third-order valence-electron chi connectivity index (χ3n) is 5.59. The van der Waals surface area contributed by atoms with E-state index in [2.05, 4.69) is 33.7 Å². The Balaban J connectivity index is 1.96. The van der Waals surface area contributed by atoms with Crippen LogP contribution in [0.3, 0.4) is 0 Å². The molecule has 7 nitrogen and oxygen atoms in total. The summed E-state index contributed by atoms with van der Waals surface area (Å²) < 4.78 is 14.2. The largest absolute Gasteiger partial charge is 0.479 e. The molecule has 0 saturated heterocycles. The van der Waals surface area contributed by atoms with Gasteiger partial charge in [0.25, 0.3) is 0 Å². The number of nitrogens with one attached hydrogen (secondary N) is 1. The topological polar surface area (TPSA) is 73.6 Å². The van der Waals surface area contributed by atoms with Gasteiger partial charge in [-0.05, 0) is 69.5 Å². The summed E-state index contributed by atoms with van der Waals surface area (Å²) in [6, 6.07) is 5.41. The Morgan fingerprint density at radius 1 is 1.28 bits per heavy atom. The maximum Gasteiger partial charge on any atom is 0.224 e. The van der Waals surface area contributed by atoms with Gasteiger partial charge in [-0.3, -0.25) is 4.99 Å². The molecule has 0 radical (unpaired) electrons. The van der Waals surface area contributed by atoms with Crippen molar-refractivity contribution in [1.29, 1.82) is 0 Å². The third-order valence-corrected chi connectivity index (χ3v) is 5.83. The van der Waals surface area contributed by atoms with E-state index in [9.17, 15) is 0 Å². The normalized spacial score (nSPS) is 14.6. The Kier molecular flexibility index (Phi) is 8.93. The number of rotatable bonds is 9. The highest BCUT2D eigenvalue weighted by molar-refractivity contribution is 6.31. The average molecular weight is 508 g/mol. The first-order valence-corrected chi connectivity index (χ1v) is 12.2. The van der Waals surface area contributed by atoms with E-state index in [0.717, 1.165) is 29.7 Å². The number of allylic oxidation sites excluding steroid dienone is 6. The molecule has 0 bridgehead atoms. The van der Waals surface area contributed by atoms with E-state index < -0.39 is 5.60 Å². The minimum Gasteiger partial charge on any atom is -0.479 e. The summed E-state index contributed by atoms with van der Waals surface area (Å²) in [5.41, 5.74) is 2.37.